The summed E-state index contributed by atoms with van der Waals surface area (Å²) in [6, 6.07) is 8.98. The van der Waals surface area contributed by atoms with E-state index in [0.29, 0.717) is 6.54 Å². The maximum Gasteiger partial charge on any atom is 0.311 e. The summed E-state index contributed by atoms with van der Waals surface area (Å²) in [5.41, 5.74) is 1.93. The molecule has 2 rings (SSSR count). The smallest absolute Gasteiger partial charge is 0.311 e. The topological polar surface area (TPSA) is 77.3 Å². The van der Waals surface area contributed by atoms with E-state index in [-0.39, 0.29) is 17.5 Å². The van der Waals surface area contributed by atoms with Crippen molar-refractivity contribution in [1.29, 1.82) is 0 Å². The van der Waals surface area contributed by atoms with Gasteiger partial charge in [0.05, 0.1) is 12.0 Å². The average Bonchev–Trinajstić information content (AvgIpc) is 2.53. The predicted octanol–water partition coefficient (Wildman–Crippen LogP) is 2.85. The van der Waals surface area contributed by atoms with Gasteiger partial charge in [0, 0.05) is 31.0 Å². The van der Waals surface area contributed by atoms with Crippen LogP contribution in [0.1, 0.15) is 24.1 Å². The Morgan fingerprint density at radius 1 is 1.33 bits per heavy atom. The molecule has 1 heterocycles. The van der Waals surface area contributed by atoms with E-state index in [9.17, 15) is 10.1 Å². The lowest BCUT2D eigenvalue weighted by molar-refractivity contribution is -0.385. The average molecular weight is 287 g/mol. The fraction of sp³-hybridized carbons (Fsp3) is 0.267. The number of nitrogens with one attached hydrogen (secondary N) is 1. The predicted molar refractivity (Wildman–Crippen MR) is 79.1 cm³/mol. The van der Waals surface area contributed by atoms with Crippen LogP contribution in [0.4, 0.5) is 5.69 Å². The highest BCUT2D eigenvalue weighted by Crippen LogP contribution is 2.27. The summed E-state index contributed by atoms with van der Waals surface area (Å²) in [5.74, 6) is 0.269. The van der Waals surface area contributed by atoms with E-state index in [2.05, 4.69) is 10.3 Å². The van der Waals surface area contributed by atoms with Gasteiger partial charge in [0.2, 0.25) is 0 Å². The lowest BCUT2D eigenvalue weighted by atomic mass is 10.1. The molecule has 0 aliphatic heterocycles. The van der Waals surface area contributed by atoms with Crippen molar-refractivity contribution < 1.29 is 9.66 Å². The van der Waals surface area contributed by atoms with Gasteiger partial charge in [-0.05, 0) is 36.2 Å². The Hall–Kier alpha value is -2.47. The molecule has 0 amide bonds. The number of hydrogen-bond acceptors (Lipinski definition) is 5. The summed E-state index contributed by atoms with van der Waals surface area (Å²) in [7, 11) is 1.42. The normalized spacial score (nSPS) is 11.9. The van der Waals surface area contributed by atoms with Crippen LogP contribution in [0.15, 0.2) is 42.7 Å². The molecule has 1 aromatic carbocycles. The van der Waals surface area contributed by atoms with E-state index < -0.39 is 4.92 Å². The van der Waals surface area contributed by atoms with Crippen LogP contribution in [0.3, 0.4) is 0 Å². The molecular formula is C15H17N3O3. The van der Waals surface area contributed by atoms with E-state index in [0.717, 1.165) is 11.1 Å². The van der Waals surface area contributed by atoms with E-state index >= 15 is 0 Å². The molecule has 6 nitrogen and oxygen atoms in total. The first kappa shape index (κ1) is 14.9. The zero-order valence-electron chi connectivity index (χ0n) is 11.9. The number of aromatic nitrogens is 1. The van der Waals surface area contributed by atoms with E-state index in [1.54, 1.807) is 18.5 Å². The largest absolute Gasteiger partial charge is 0.490 e. The minimum atomic E-state index is -0.436. The molecule has 6 heteroatoms. The molecule has 0 spiro atoms. The van der Waals surface area contributed by atoms with Gasteiger partial charge >= 0.3 is 5.69 Å². The van der Waals surface area contributed by atoms with Crippen LogP contribution >= 0.6 is 0 Å². The van der Waals surface area contributed by atoms with Gasteiger partial charge in [-0.25, -0.2) is 0 Å². The summed E-state index contributed by atoms with van der Waals surface area (Å²) < 4.78 is 4.99. The first-order valence-electron chi connectivity index (χ1n) is 6.56. The van der Waals surface area contributed by atoms with E-state index in [4.69, 9.17) is 4.74 Å². The molecule has 1 N–H and O–H groups in total. The Balaban J connectivity index is 2.07. The Bertz CT molecular complexity index is 617. The van der Waals surface area contributed by atoms with Crippen LogP contribution in [0.5, 0.6) is 5.75 Å². The summed E-state index contributed by atoms with van der Waals surface area (Å²) in [5, 5.41) is 14.3. The number of rotatable bonds is 6. The van der Waals surface area contributed by atoms with Gasteiger partial charge in [-0.15, -0.1) is 0 Å². The van der Waals surface area contributed by atoms with Crippen molar-refractivity contribution in [2.45, 2.75) is 19.5 Å². The third kappa shape index (κ3) is 3.76. The van der Waals surface area contributed by atoms with Gasteiger partial charge in [-0.2, -0.15) is 0 Å². The molecule has 1 atom stereocenters. The molecule has 0 saturated carbocycles. The zero-order chi connectivity index (χ0) is 15.2. The number of hydrogen-bond donors (Lipinski definition) is 1. The summed E-state index contributed by atoms with van der Waals surface area (Å²) in [6.45, 7) is 2.57. The standard InChI is InChI=1S/C15H17N3O3/c1-11(13-5-7-16-8-6-13)17-10-12-3-4-15(21-2)14(9-12)18(19)20/h3-9,11,17H,10H2,1-2H3/t11-/m1/s1. The van der Waals surface area contributed by atoms with Crippen molar-refractivity contribution in [2.24, 2.45) is 0 Å². The highest BCUT2D eigenvalue weighted by Gasteiger charge is 2.15. The SMILES string of the molecule is COc1ccc(CN[C@H](C)c2ccncc2)cc1[N+](=O)[O-]. The first-order chi connectivity index (χ1) is 10.1. The fourth-order valence-corrected chi connectivity index (χ4v) is 2.03. The molecule has 0 radical (unpaired) electrons. The van der Waals surface area contributed by atoms with E-state index in [1.165, 1.54) is 13.2 Å². The molecule has 21 heavy (non-hydrogen) atoms. The van der Waals surface area contributed by atoms with Crippen LogP contribution in [-0.4, -0.2) is 17.0 Å². The van der Waals surface area contributed by atoms with Crippen LogP contribution in [0.25, 0.3) is 0 Å². The van der Waals surface area contributed by atoms with Gasteiger partial charge in [0.15, 0.2) is 5.75 Å². The number of nitro benzene ring substituents is 1. The molecule has 0 saturated heterocycles. The van der Waals surface area contributed by atoms with Crippen molar-refractivity contribution in [2.75, 3.05) is 7.11 Å². The lowest BCUT2D eigenvalue weighted by Crippen LogP contribution is -2.18. The van der Waals surface area contributed by atoms with E-state index in [1.807, 2.05) is 25.1 Å². The number of benzene rings is 1. The minimum absolute atomic E-state index is 0.0200. The van der Waals surface area contributed by atoms with Gasteiger partial charge in [-0.1, -0.05) is 6.07 Å². The Morgan fingerprint density at radius 3 is 2.67 bits per heavy atom. The van der Waals surface area contributed by atoms with Crippen molar-refractivity contribution in [1.82, 2.24) is 10.3 Å². The molecule has 110 valence electrons. The molecule has 0 aliphatic rings. The number of methoxy groups -OCH3 is 1. The molecule has 1 aromatic heterocycles. The quantitative estimate of drug-likeness (QED) is 0.653. The molecule has 0 aliphatic carbocycles. The Kier molecular flexibility index (Phi) is 4.84. The molecule has 0 fully saturated rings. The summed E-state index contributed by atoms with van der Waals surface area (Å²) in [6.07, 6.45) is 3.48. The monoisotopic (exact) mass is 287 g/mol. The third-order valence-corrected chi connectivity index (χ3v) is 3.26. The lowest BCUT2D eigenvalue weighted by Gasteiger charge is -2.14. The number of pyridine rings is 1. The highest BCUT2D eigenvalue weighted by atomic mass is 16.6. The van der Waals surface area contributed by atoms with Crippen LogP contribution < -0.4 is 10.1 Å². The highest BCUT2D eigenvalue weighted by molar-refractivity contribution is 5.48. The van der Waals surface area contributed by atoms with Crippen molar-refractivity contribution >= 4 is 5.69 Å². The zero-order valence-corrected chi connectivity index (χ0v) is 11.9. The third-order valence-electron chi connectivity index (χ3n) is 3.26. The fourth-order valence-electron chi connectivity index (χ4n) is 2.03. The molecule has 2 aromatic rings. The van der Waals surface area contributed by atoms with Crippen LogP contribution in [-0.2, 0) is 6.54 Å². The van der Waals surface area contributed by atoms with Crippen LogP contribution in [0.2, 0.25) is 0 Å². The van der Waals surface area contributed by atoms with Gasteiger partial charge in [0.1, 0.15) is 0 Å². The Labute approximate surface area is 122 Å². The maximum atomic E-state index is 11.0. The van der Waals surface area contributed by atoms with Gasteiger partial charge < -0.3 is 10.1 Å². The number of ether oxygens (including phenoxy) is 1. The summed E-state index contributed by atoms with van der Waals surface area (Å²) in [4.78, 5) is 14.5. The maximum absolute atomic E-state index is 11.0. The summed E-state index contributed by atoms with van der Waals surface area (Å²) >= 11 is 0. The van der Waals surface area contributed by atoms with Gasteiger partial charge in [-0.3, -0.25) is 15.1 Å². The van der Waals surface area contributed by atoms with Crippen molar-refractivity contribution in [3.05, 3.63) is 64.0 Å². The minimum Gasteiger partial charge on any atom is -0.490 e. The van der Waals surface area contributed by atoms with Crippen molar-refractivity contribution in [3.63, 3.8) is 0 Å². The van der Waals surface area contributed by atoms with Crippen molar-refractivity contribution in [3.8, 4) is 5.75 Å². The molecule has 0 unspecified atom stereocenters. The molecular weight excluding hydrogens is 270 g/mol. The second-order valence-electron chi connectivity index (χ2n) is 4.65. The first-order valence-corrected chi connectivity index (χ1v) is 6.56. The van der Waals surface area contributed by atoms with Gasteiger partial charge in [0.25, 0.3) is 0 Å². The molecule has 0 bridgehead atoms. The number of nitrogens with zero attached hydrogens (tertiary/aromatic N) is 2. The second-order valence-corrected chi connectivity index (χ2v) is 4.65. The van der Waals surface area contributed by atoms with Crippen LogP contribution in [0, 0.1) is 10.1 Å². The second kappa shape index (κ2) is 6.81. The number of nitro groups is 1. The Morgan fingerprint density at radius 2 is 2.05 bits per heavy atom.